The van der Waals surface area contributed by atoms with Crippen LogP contribution in [0.15, 0.2) is 58.3 Å². The van der Waals surface area contributed by atoms with Crippen LogP contribution in [0.2, 0.25) is 0 Å². The zero-order chi connectivity index (χ0) is 21.0. The molecule has 156 valence electrons. The first-order valence-electron chi connectivity index (χ1n) is 9.47. The van der Waals surface area contributed by atoms with Crippen molar-refractivity contribution in [1.29, 1.82) is 0 Å². The van der Waals surface area contributed by atoms with Gasteiger partial charge in [-0.05, 0) is 50.2 Å². The number of aryl methyl sites for hydroxylation is 1. The highest BCUT2D eigenvalue weighted by Crippen LogP contribution is 2.27. The van der Waals surface area contributed by atoms with E-state index in [9.17, 15) is 13.2 Å². The Labute approximate surface area is 176 Å². The van der Waals surface area contributed by atoms with Crippen LogP contribution in [0, 0.1) is 6.92 Å². The Balaban J connectivity index is 1.57. The van der Waals surface area contributed by atoms with Gasteiger partial charge >= 0.3 is 0 Å². The molecule has 0 aromatic heterocycles. The van der Waals surface area contributed by atoms with E-state index in [1.165, 1.54) is 16.1 Å². The van der Waals surface area contributed by atoms with E-state index in [1.54, 1.807) is 36.3 Å². The molecule has 8 heteroatoms. The summed E-state index contributed by atoms with van der Waals surface area (Å²) in [4.78, 5) is 15.8. The molecular formula is C21H26N2O4S2. The van der Waals surface area contributed by atoms with Gasteiger partial charge < -0.3 is 9.64 Å². The number of nitrogens with zero attached hydrogens (tertiary/aromatic N) is 2. The Kier molecular flexibility index (Phi) is 6.87. The average Bonchev–Trinajstić information content (AvgIpc) is 2.74. The van der Waals surface area contributed by atoms with Crippen LogP contribution in [0.5, 0.6) is 5.75 Å². The predicted molar refractivity (Wildman–Crippen MR) is 115 cm³/mol. The Morgan fingerprint density at radius 1 is 1.00 bits per heavy atom. The molecule has 1 aliphatic heterocycles. The van der Waals surface area contributed by atoms with Crippen LogP contribution < -0.4 is 4.74 Å². The van der Waals surface area contributed by atoms with Crippen LogP contribution in [0.4, 0.5) is 0 Å². The van der Waals surface area contributed by atoms with Gasteiger partial charge in [0.1, 0.15) is 5.75 Å². The molecule has 0 N–H and O–H groups in total. The zero-order valence-corrected chi connectivity index (χ0v) is 18.5. The number of carbonyl (C=O) groups excluding carboxylic acids is 1. The van der Waals surface area contributed by atoms with Gasteiger partial charge in [-0.25, -0.2) is 8.42 Å². The molecule has 2 aromatic carbocycles. The van der Waals surface area contributed by atoms with Crippen LogP contribution in [-0.2, 0) is 14.8 Å². The van der Waals surface area contributed by atoms with E-state index in [0.717, 1.165) is 16.2 Å². The number of benzene rings is 2. The lowest BCUT2D eigenvalue weighted by Gasteiger charge is -2.35. The summed E-state index contributed by atoms with van der Waals surface area (Å²) in [6.45, 7) is 5.22. The van der Waals surface area contributed by atoms with Gasteiger partial charge in [0.25, 0.3) is 0 Å². The number of thioether (sulfide) groups is 1. The molecule has 6 nitrogen and oxygen atoms in total. The van der Waals surface area contributed by atoms with Crippen molar-refractivity contribution >= 4 is 27.7 Å². The summed E-state index contributed by atoms with van der Waals surface area (Å²) >= 11 is 1.49. The van der Waals surface area contributed by atoms with Gasteiger partial charge in [-0.2, -0.15) is 4.31 Å². The van der Waals surface area contributed by atoms with Gasteiger partial charge in [-0.1, -0.05) is 17.7 Å². The van der Waals surface area contributed by atoms with Gasteiger partial charge in [0.05, 0.1) is 17.3 Å². The predicted octanol–water partition coefficient (Wildman–Crippen LogP) is 3.02. The summed E-state index contributed by atoms with van der Waals surface area (Å²) in [5, 5.41) is -0.247. The summed E-state index contributed by atoms with van der Waals surface area (Å²) in [7, 11) is -1.91. The number of piperazine rings is 1. The standard InChI is InChI=1S/C21H26N2O4S2/c1-16-4-10-20(11-5-16)29(25,26)23-14-12-22(13-15-23)21(24)17(2)28-19-8-6-18(27-3)7-9-19/h4-11,17H,12-15H2,1-3H3/t17-/m1/s1. The first-order chi connectivity index (χ1) is 13.8. The highest BCUT2D eigenvalue weighted by atomic mass is 32.2. The Hall–Kier alpha value is -2.03. The molecule has 0 unspecified atom stereocenters. The normalized spacial score (nSPS) is 16.4. The number of rotatable bonds is 6. The first kappa shape index (κ1) is 21.7. The molecule has 0 aliphatic carbocycles. The summed E-state index contributed by atoms with van der Waals surface area (Å²) in [5.74, 6) is 0.803. The fourth-order valence-corrected chi connectivity index (χ4v) is 5.55. The second-order valence-corrected chi connectivity index (χ2v) is 10.3. The monoisotopic (exact) mass is 434 g/mol. The van der Waals surface area contributed by atoms with E-state index >= 15 is 0 Å². The zero-order valence-electron chi connectivity index (χ0n) is 16.9. The molecule has 0 saturated carbocycles. The van der Waals surface area contributed by atoms with Crippen molar-refractivity contribution < 1.29 is 17.9 Å². The lowest BCUT2D eigenvalue weighted by molar-refractivity contribution is -0.131. The third-order valence-electron chi connectivity index (χ3n) is 4.93. The lowest BCUT2D eigenvalue weighted by Crippen LogP contribution is -2.52. The molecule has 1 heterocycles. The molecule has 0 spiro atoms. The van der Waals surface area contributed by atoms with E-state index in [-0.39, 0.29) is 11.2 Å². The van der Waals surface area contributed by atoms with Crippen LogP contribution in [0.3, 0.4) is 0 Å². The third kappa shape index (κ3) is 5.12. The third-order valence-corrected chi connectivity index (χ3v) is 7.94. The maximum absolute atomic E-state index is 12.8. The maximum atomic E-state index is 12.8. The number of carbonyl (C=O) groups is 1. The van der Waals surface area contributed by atoms with Crippen molar-refractivity contribution in [3.8, 4) is 5.75 Å². The fourth-order valence-electron chi connectivity index (χ4n) is 3.17. The molecule has 1 aliphatic rings. The van der Waals surface area contributed by atoms with Crippen molar-refractivity contribution in [3.63, 3.8) is 0 Å². The van der Waals surface area contributed by atoms with Gasteiger partial charge in [-0.3, -0.25) is 4.79 Å². The van der Waals surface area contributed by atoms with Gasteiger partial charge in [0, 0.05) is 31.1 Å². The molecule has 2 aromatic rings. The minimum absolute atomic E-state index is 0.0261. The smallest absolute Gasteiger partial charge is 0.243 e. The average molecular weight is 435 g/mol. The molecule has 3 rings (SSSR count). The van der Waals surface area contributed by atoms with Crippen molar-refractivity contribution in [2.45, 2.75) is 28.9 Å². The van der Waals surface area contributed by atoms with Gasteiger partial charge in [0.15, 0.2) is 0 Å². The second-order valence-electron chi connectivity index (χ2n) is 6.98. The summed E-state index contributed by atoms with van der Waals surface area (Å²) in [5.41, 5.74) is 1.02. The summed E-state index contributed by atoms with van der Waals surface area (Å²) < 4.78 is 32.2. The van der Waals surface area contributed by atoms with Crippen LogP contribution in [0.25, 0.3) is 0 Å². The second kappa shape index (κ2) is 9.19. The van der Waals surface area contributed by atoms with E-state index in [2.05, 4.69) is 0 Å². The number of sulfonamides is 1. The summed E-state index contributed by atoms with van der Waals surface area (Å²) in [6, 6.07) is 14.5. The molecule has 0 radical (unpaired) electrons. The molecule has 1 amide bonds. The first-order valence-corrected chi connectivity index (χ1v) is 11.8. The van der Waals surface area contributed by atoms with Gasteiger partial charge in [0.2, 0.25) is 15.9 Å². The molecule has 29 heavy (non-hydrogen) atoms. The molecule has 1 fully saturated rings. The highest BCUT2D eigenvalue weighted by molar-refractivity contribution is 8.00. The lowest BCUT2D eigenvalue weighted by atomic mass is 10.2. The number of hydrogen-bond donors (Lipinski definition) is 0. The van der Waals surface area contributed by atoms with Crippen molar-refractivity contribution in [1.82, 2.24) is 9.21 Å². The number of hydrogen-bond acceptors (Lipinski definition) is 5. The van der Waals surface area contributed by atoms with Crippen LogP contribution >= 0.6 is 11.8 Å². The molecule has 1 saturated heterocycles. The van der Waals surface area contributed by atoms with Gasteiger partial charge in [-0.15, -0.1) is 11.8 Å². The highest BCUT2D eigenvalue weighted by Gasteiger charge is 2.31. The SMILES string of the molecule is COc1ccc(S[C@H](C)C(=O)N2CCN(S(=O)(=O)c3ccc(C)cc3)CC2)cc1. The Morgan fingerprint density at radius 3 is 2.14 bits per heavy atom. The van der Waals surface area contributed by atoms with Crippen molar-refractivity contribution in [2.24, 2.45) is 0 Å². The Morgan fingerprint density at radius 2 is 1.59 bits per heavy atom. The van der Waals surface area contributed by atoms with Crippen molar-refractivity contribution in [3.05, 3.63) is 54.1 Å². The van der Waals surface area contributed by atoms with Crippen molar-refractivity contribution in [2.75, 3.05) is 33.3 Å². The minimum Gasteiger partial charge on any atom is -0.497 e. The van der Waals surface area contributed by atoms with E-state index in [4.69, 9.17) is 4.74 Å². The van der Waals surface area contributed by atoms with E-state index < -0.39 is 10.0 Å². The fraction of sp³-hybridized carbons (Fsp3) is 0.381. The molecular weight excluding hydrogens is 408 g/mol. The van der Waals surface area contributed by atoms with E-state index in [0.29, 0.717) is 31.1 Å². The summed E-state index contributed by atoms with van der Waals surface area (Å²) in [6.07, 6.45) is 0. The minimum atomic E-state index is -3.53. The quantitative estimate of drug-likeness (QED) is 0.654. The molecule has 0 bridgehead atoms. The topological polar surface area (TPSA) is 66.9 Å². The van der Waals surface area contributed by atoms with Crippen LogP contribution in [0.1, 0.15) is 12.5 Å². The maximum Gasteiger partial charge on any atom is 0.243 e. The van der Waals surface area contributed by atoms with E-state index in [1.807, 2.05) is 38.1 Å². The largest absolute Gasteiger partial charge is 0.497 e. The number of amides is 1. The molecule has 1 atom stereocenters. The van der Waals surface area contributed by atoms with Crippen LogP contribution in [-0.4, -0.2) is 62.1 Å². The number of methoxy groups -OCH3 is 1. The Bertz CT molecular complexity index is 936. The number of ether oxygens (including phenoxy) is 1.